The molecule has 27 heavy (non-hydrogen) atoms. The number of methoxy groups -OCH3 is 2. The monoisotopic (exact) mass is 393 g/mol. The summed E-state index contributed by atoms with van der Waals surface area (Å²) >= 11 is 1.90. The topological polar surface area (TPSA) is 76.8 Å². The number of nitrogens with zero attached hydrogens (tertiary/aromatic N) is 1. The summed E-state index contributed by atoms with van der Waals surface area (Å²) in [6.45, 7) is 1.12. The first-order chi connectivity index (χ1) is 12.9. The lowest BCUT2D eigenvalue weighted by Crippen LogP contribution is -2.56. The standard InChI is InChI=1S/C20H31N3O3S/c1-23-9-8-19(13-4-5-15(25-2)16(10-13)26-3)6-7-20(11-17(19)23)22-14(12-27-20)18(21)24/h10,14,17,22H,4-9,11-12H2,1-3H3,(H2,21,24)/t14?,17-,19-,20?/m0/s1. The van der Waals surface area contributed by atoms with Crippen LogP contribution in [0.2, 0.25) is 0 Å². The summed E-state index contributed by atoms with van der Waals surface area (Å²) in [6, 6.07) is 0.279. The molecule has 1 spiro atoms. The van der Waals surface area contributed by atoms with Crippen molar-refractivity contribution in [3.63, 3.8) is 0 Å². The second kappa shape index (κ2) is 7.01. The van der Waals surface area contributed by atoms with E-state index in [1.807, 2.05) is 11.8 Å². The van der Waals surface area contributed by atoms with Gasteiger partial charge in [-0.1, -0.05) is 5.57 Å². The number of nitrogens with two attached hydrogens (primary N) is 1. The molecular formula is C20H31N3O3S. The largest absolute Gasteiger partial charge is 0.497 e. The van der Waals surface area contributed by atoms with Gasteiger partial charge in [-0.2, -0.15) is 0 Å². The second-order valence-electron chi connectivity index (χ2n) is 8.38. The highest BCUT2D eigenvalue weighted by molar-refractivity contribution is 8.01. The Kier molecular flexibility index (Phi) is 4.97. The quantitative estimate of drug-likeness (QED) is 0.761. The average Bonchev–Trinajstić information content (AvgIpc) is 3.24. The van der Waals surface area contributed by atoms with Gasteiger partial charge in [0.25, 0.3) is 0 Å². The van der Waals surface area contributed by atoms with Crippen LogP contribution in [0.1, 0.15) is 38.5 Å². The summed E-state index contributed by atoms with van der Waals surface area (Å²) in [4.78, 5) is 14.2. The van der Waals surface area contributed by atoms with E-state index in [1.54, 1.807) is 14.2 Å². The van der Waals surface area contributed by atoms with Crippen molar-refractivity contribution in [1.29, 1.82) is 0 Å². The van der Waals surface area contributed by atoms with Gasteiger partial charge in [-0.3, -0.25) is 10.1 Å². The van der Waals surface area contributed by atoms with E-state index < -0.39 is 0 Å². The minimum atomic E-state index is -0.229. The van der Waals surface area contributed by atoms with Gasteiger partial charge in [0.2, 0.25) is 5.91 Å². The van der Waals surface area contributed by atoms with Crippen molar-refractivity contribution in [2.45, 2.75) is 55.5 Å². The van der Waals surface area contributed by atoms with Crippen LogP contribution in [-0.2, 0) is 14.3 Å². The molecule has 6 nitrogen and oxygen atoms in total. The third-order valence-corrected chi connectivity index (χ3v) is 8.73. The number of nitrogens with one attached hydrogen (secondary N) is 1. The number of amides is 1. The van der Waals surface area contributed by atoms with Crippen LogP contribution >= 0.6 is 11.8 Å². The van der Waals surface area contributed by atoms with Crippen LogP contribution in [0.4, 0.5) is 0 Å². The molecule has 3 fully saturated rings. The Morgan fingerprint density at radius 3 is 2.78 bits per heavy atom. The van der Waals surface area contributed by atoms with Crippen LogP contribution < -0.4 is 11.1 Å². The second-order valence-corrected chi connectivity index (χ2v) is 9.78. The molecule has 4 aliphatic rings. The van der Waals surface area contributed by atoms with Gasteiger partial charge in [0.15, 0.2) is 5.76 Å². The van der Waals surface area contributed by atoms with Crippen molar-refractivity contribution in [3.05, 3.63) is 23.2 Å². The zero-order chi connectivity index (χ0) is 19.2. The fourth-order valence-electron chi connectivity index (χ4n) is 5.65. The zero-order valence-corrected chi connectivity index (χ0v) is 17.4. The van der Waals surface area contributed by atoms with Gasteiger partial charge in [-0.05, 0) is 51.8 Å². The predicted octanol–water partition coefficient (Wildman–Crippen LogP) is 1.97. The highest BCUT2D eigenvalue weighted by atomic mass is 32.2. The number of ether oxygens (including phenoxy) is 2. The third-order valence-electron chi connectivity index (χ3n) is 7.19. The Morgan fingerprint density at radius 1 is 1.30 bits per heavy atom. The van der Waals surface area contributed by atoms with E-state index in [-0.39, 0.29) is 22.2 Å². The number of allylic oxidation sites excluding steroid dienone is 2. The van der Waals surface area contributed by atoms with Crippen molar-refractivity contribution in [3.8, 4) is 0 Å². The molecule has 3 N–H and O–H groups in total. The fraction of sp³-hybridized carbons (Fsp3) is 0.750. The van der Waals surface area contributed by atoms with Gasteiger partial charge in [0.05, 0.1) is 25.1 Å². The Hall–Kier alpha value is -1.18. The number of likely N-dealkylation sites (tertiary alicyclic amines) is 1. The number of carbonyl (C=O) groups is 1. The highest BCUT2D eigenvalue weighted by Crippen LogP contribution is 2.58. The Labute approximate surface area is 165 Å². The molecule has 0 aromatic carbocycles. The Bertz CT molecular complexity index is 694. The van der Waals surface area contributed by atoms with E-state index in [0.29, 0.717) is 6.04 Å². The van der Waals surface area contributed by atoms with Crippen LogP contribution in [0.3, 0.4) is 0 Å². The third kappa shape index (κ3) is 3.08. The molecule has 150 valence electrons. The highest BCUT2D eigenvalue weighted by Gasteiger charge is 2.57. The SMILES string of the molecule is COC1=C(OC)CCC([C@]23CCN(C)[C@H]2CC2(CC3)NC(C(N)=O)CS2)=C1. The van der Waals surface area contributed by atoms with E-state index in [4.69, 9.17) is 15.2 Å². The molecule has 1 amide bonds. The van der Waals surface area contributed by atoms with Crippen LogP contribution in [0.5, 0.6) is 0 Å². The van der Waals surface area contributed by atoms with Gasteiger partial charge in [0, 0.05) is 23.6 Å². The minimum absolute atomic E-state index is 0.0146. The summed E-state index contributed by atoms with van der Waals surface area (Å²) in [5.41, 5.74) is 7.27. The van der Waals surface area contributed by atoms with Crippen LogP contribution in [0.25, 0.3) is 0 Å². The molecule has 0 radical (unpaired) electrons. The number of hydrogen-bond acceptors (Lipinski definition) is 6. The predicted molar refractivity (Wildman–Crippen MR) is 107 cm³/mol. The summed E-state index contributed by atoms with van der Waals surface area (Å²) < 4.78 is 11.1. The number of primary amides is 1. The van der Waals surface area contributed by atoms with E-state index in [2.05, 4.69) is 23.3 Å². The van der Waals surface area contributed by atoms with Crippen molar-refractivity contribution in [2.75, 3.05) is 33.6 Å². The molecule has 2 saturated heterocycles. The molecule has 4 rings (SSSR count). The van der Waals surface area contributed by atoms with Crippen molar-refractivity contribution in [1.82, 2.24) is 10.2 Å². The van der Waals surface area contributed by atoms with E-state index in [0.717, 1.165) is 55.9 Å². The Balaban J connectivity index is 1.62. The van der Waals surface area contributed by atoms with Gasteiger partial charge in [-0.15, -0.1) is 11.8 Å². The molecule has 1 saturated carbocycles. The molecule has 2 heterocycles. The minimum Gasteiger partial charge on any atom is -0.497 e. The van der Waals surface area contributed by atoms with E-state index in [1.165, 1.54) is 12.0 Å². The molecular weight excluding hydrogens is 362 g/mol. The number of thioether (sulfide) groups is 1. The van der Waals surface area contributed by atoms with Gasteiger partial charge < -0.3 is 20.1 Å². The molecule has 4 atom stereocenters. The summed E-state index contributed by atoms with van der Waals surface area (Å²) in [7, 11) is 5.69. The summed E-state index contributed by atoms with van der Waals surface area (Å²) in [5.74, 6) is 2.39. The van der Waals surface area contributed by atoms with E-state index in [9.17, 15) is 4.79 Å². The first-order valence-electron chi connectivity index (χ1n) is 9.86. The lowest BCUT2D eigenvalue weighted by Gasteiger charge is -2.50. The smallest absolute Gasteiger partial charge is 0.235 e. The molecule has 7 heteroatoms. The fourth-order valence-corrected chi connectivity index (χ4v) is 7.13. The zero-order valence-electron chi connectivity index (χ0n) is 16.5. The molecule has 0 bridgehead atoms. The maximum absolute atomic E-state index is 11.7. The molecule has 2 unspecified atom stereocenters. The van der Waals surface area contributed by atoms with E-state index >= 15 is 0 Å². The first-order valence-corrected chi connectivity index (χ1v) is 10.8. The normalized spacial score (nSPS) is 39.4. The van der Waals surface area contributed by atoms with Crippen LogP contribution in [-0.4, -0.2) is 61.3 Å². The van der Waals surface area contributed by atoms with Crippen molar-refractivity contribution in [2.24, 2.45) is 11.1 Å². The lowest BCUT2D eigenvalue weighted by molar-refractivity contribution is -0.119. The first kappa shape index (κ1) is 19.2. The summed E-state index contributed by atoms with van der Waals surface area (Å²) in [5, 5.41) is 3.58. The number of carbonyl (C=O) groups excluding carboxylic acids is 1. The van der Waals surface area contributed by atoms with Crippen molar-refractivity contribution >= 4 is 17.7 Å². The summed E-state index contributed by atoms with van der Waals surface area (Å²) in [6.07, 6.45) is 8.65. The van der Waals surface area contributed by atoms with Crippen molar-refractivity contribution < 1.29 is 14.3 Å². The lowest BCUT2D eigenvalue weighted by atomic mass is 9.62. The van der Waals surface area contributed by atoms with Gasteiger partial charge in [-0.25, -0.2) is 0 Å². The van der Waals surface area contributed by atoms with Gasteiger partial charge >= 0.3 is 0 Å². The van der Waals surface area contributed by atoms with Crippen LogP contribution in [0, 0.1) is 5.41 Å². The molecule has 2 aliphatic heterocycles. The van der Waals surface area contributed by atoms with Crippen LogP contribution in [0.15, 0.2) is 23.2 Å². The number of rotatable bonds is 4. The average molecular weight is 394 g/mol. The Morgan fingerprint density at radius 2 is 2.11 bits per heavy atom. The number of fused-ring (bicyclic) bond motifs is 1. The molecule has 0 aromatic heterocycles. The maximum atomic E-state index is 11.7. The maximum Gasteiger partial charge on any atom is 0.235 e. The molecule has 2 aliphatic carbocycles. The van der Waals surface area contributed by atoms with Gasteiger partial charge in [0.1, 0.15) is 5.76 Å². The molecule has 0 aromatic rings. The number of hydrogen-bond donors (Lipinski definition) is 2.